The third kappa shape index (κ3) is 5.26. The van der Waals surface area contributed by atoms with E-state index in [0.717, 1.165) is 12.1 Å². The number of carbonyl (C=O) groups is 2. The van der Waals surface area contributed by atoms with Crippen LogP contribution in [0.5, 0.6) is 0 Å². The van der Waals surface area contributed by atoms with Gasteiger partial charge in [-0.25, -0.2) is 8.78 Å². The third-order valence-corrected chi connectivity index (χ3v) is 4.03. The summed E-state index contributed by atoms with van der Waals surface area (Å²) >= 11 is 6.14. The van der Waals surface area contributed by atoms with Gasteiger partial charge in [0.25, 0.3) is 5.91 Å². The fourth-order valence-corrected chi connectivity index (χ4v) is 2.55. The van der Waals surface area contributed by atoms with Crippen LogP contribution in [0.15, 0.2) is 42.5 Å². The van der Waals surface area contributed by atoms with E-state index in [2.05, 4.69) is 0 Å². The fraction of sp³-hybridized carbons (Fsp3) is 0.263. The molecule has 2 rings (SSSR count). The molecule has 0 fully saturated rings. The summed E-state index contributed by atoms with van der Waals surface area (Å²) in [5, 5.41) is 0.465. The van der Waals surface area contributed by atoms with Crippen molar-refractivity contribution < 1.29 is 23.1 Å². The summed E-state index contributed by atoms with van der Waals surface area (Å²) < 4.78 is 31.5. The number of esters is 1. The number of hydrogen-bond donors (Lipinski definition) is 0. The van der Waals surface area contributed by atoms with Crippen LogP contribution in [0.1, 0.15) is 29.3 Å². The van der Waals surface area contributed by atoms with Gasteiger partial charge in [0.05, 0.1) is 13.0 Å². The lowest BCUT2D eigenvalue weighted by Crippen LogP contribution is -2.33. The summed E-state index contributed by atoms with van der Waals surface area (Å²) in [4.78, 5) is 25.7. The second-order valence-corrected chi connectivity index (χ2v) is 5.91. The number of ether oxygens (including phenoxy) is 1. The van der Waals surface area contributed by atoms with E-state index in [1.807, 2.05) is 0 Å². The maximum absolute atomic E-state index is 13.5. The molecule has 0 aliphatic carbocycles. The highest BCUT2D eigenvalue weighted by Crippen LogP contribution is 2.19. The van der Waals surface area contributed by atoms with Crippen molar-refractivity contribution >= 4 is 23.5 Å². The number of carbonyl (C=O) groups excluding carboxylic acids is 2. The summed E-state index contributed by atoms with van der Waals surface area (Å²) in [6.45, 7) is 2.10. The van der Waals surface area contributed by atoms with E-state index in [-0.39, 0.29) is 31.7 Å². The van der Waals surface area contributed by atoms with E-state index < -0.39 is 23.5 Å². The van der Waals surface area contributed by atoms with Gasteiger partial charge in [-0.05, 0) is 36.8 Å². The van der Waals surface area contributed by atoms with Crippen molar-refractivity contribution in [2.45, 2.75) is 19.9 Å². The zero-order valence-corrected chi connectivity index (χ0v) is 14.9. The Morgan fingerprint density at radius 1 is 1.12 bits per heavy atom. The average molecular weight is 382 g/mol. The van der Waals surface area contributed by atoms with Gasteiger partial charge >= 0.3 is 5.97 Å². The van der Waals surface area contributed by atoms with Gasteiger partial charge in [0, 0.05) is 23.7 Å². The summed E-state index contributed by atoms with van der Waals surface area (Å²) in [5.41, 5.74) is 0.661. The van der Waals surface area contributed by atoms with Crippen molar-refractivity contribution in [3.63, 3.8) is 0 Å². The third-order valence-electron chi connectivity index (χ3n) is 3.66. The van der Waals surface area contributed by atoms with Gasteiger partial charge in [-0.15, -0.1) is 0 Å². The molecule has 0 aromatic heterocycles. The van der Waals surface area contributed by atoms with E-state index in [0.29, 0.717) is 10.6 Å². The molecule has 7 heteroatoms. The van der Waals surface area contributed by atoms with Crippen molar-refractivity contribution in [1.82, 2.24) is 4.90 Å². The van der Waals surface area contributed by atoms with Crippen LogP contribution < -0.4 is 0 Å². The molecule has 0 spiro atoms. The van der Waals surface area contributed by atoms with Crippen molar-refractivity contribution in [2.75, 3.05) is 13.2 Å². The lowest BCUT2D eigenvalue weighted by atomic mass is 10.1. The van der Waals surface area contributed by atoms with Gasteiger partial charge in [-0.2, -0.15) is 0 Å². The summed E-state index contributed by atoms with van der Waals surface area (Å²) in [7, 11) is 0. The van der Waals surface area contributed by atoms with E-state index in [9.17, 15) is 18.4 Å². The molecule has 0 heterocycles. The van der Waals surface area contributed by atoms with Crippen LogP contribution in [-0.2, 0) is 16.1 Å². The highest BCUT2D eigenvalue weighted by atomic mass is 35.5. The Labute approximate surface area is 155 Å². The second kappa shape index (κ2) is 9.29. The highest BCUT2D eigenvalue weighted by molar-refractivity contribution is 6.31. The molecule has 138 valence electrons. The minimum atomic E-state index is -1.11. The smallest absolute Gasteiger partial charge is 0.307 e. The number of nitrogens with zero attached hydrogens (tertiary/aromatic N) is 1. The molecule has 0 saturated heterocycles. The van der Waals surface area contributed by atoms with E-state index in [1.54, 1.807) is 31.2 Å². The standard InChI is InChI=1S/C19H18ClF2NO3/c1-2-26-18(24)9-10-23(12-14-5-3-4-6-15(14)20)19(25)13-7-8-16(21)17(22)11-13/h3-8,11H,2,9-10,12H2,1H3. The molecular formula is C19H18ClF2NO3. The second-order valence-electron chi connectivity index (χ2n) is 5.50. The molecule has 0 N–H and O–H groups in total. The fourth-order valence-electron chi connectivity index (χ4n) is 2.36. The van der Waals surface area contributed by atoms with Crippen LogP contribution in [0.4, 0.5) is 8.78 Å². The van der Waals surface area contributed by atoms with Gasteiger partial charge in [0.15, 0.2) is 11.6 Å². The van der Waals surface area contributed by atoms with Gasteiger partial charge in [0.2, 0.25) is 0 Å². The Kier molecular flexibility index (Phi) is 7.09. The molecular weight excluding hydrogens is 364 g/mol. The van der Waals surface area contributed by atoms with Gasteiger partial charge in [-0.1, -0.05) is 29.8 Å². The average Bonchev–Trinajstić information content (AvgIpc) is 2.62. The van der Waals surface area contributed by atoms with Crippen molar-refractivity contribution in [3.05, 3.63) is 70.2 Å². The lowest BCUT2D eigenvalue weighted by molar-refractivity contribution is -0.143. The van der Waals surface area contributed by atoms with Gasteiger partial charge < -0.3 is 9.64 Å². The summed E-state index contributed by atoms with van der Waals surface area (Å²) in [5.74, 6) is -3.13. The summed E-state index contributed by atoms with van der Waals surface area (Å²) in [6.07, 6.45) is -0.0201. The van der Waals surface area contributed by atoms with Crippen molar-refractivity contribution in [3.8, 4) is 0 Å². The maximum atomic E-state index is 13.5. The molecule has 26 heavy (non-hydrogen) atoms. The first-order valence-electron chi connectivity index (χ1n) is 8.05. The van der Waals surface area contributed by atoms with Crippen LogP contribution in [0.25, 0.3) is 0 Å². The number of benzene rings is 2. The van der Waals surface area contributed by atoms with Crippen LogP contribution in [0.2, 0.25) is 5.02 Å². The lowest BCUT2D eigenvalue weighted by Gasteiger charge is -2.23. The summed E-state index contributed by atoms with van der Waals surface area (Å²) in [6, 6.07) is 9.88. The molecule has 0 bridgehead atoms. The van der Waals surface area contributed by atoms with Crippen LogP contribution >= 0.6 is 11.6 Å². The molecule has 0 radical (unpaired) electrons. The predicted octanol–water partition coefficient (Wildman–Crippen LogP) is 4.21. The molecule has 0 atom stereocenters. The topological polar surface area (TPSA) is 46.6 Å². The Balaban J connectivity index is 2.23. The normalized spacial score (nSPS) is 10.5. The molecule has 4 nitrogen and oxygen atoms in total. The zero-order valence-electron chi connectivity index (χ0n) is 14.2. The van der Waals surface area contributed by atoms with Crippen molar-refractivity contribution in [2.24, 2.45) is 0 Å². The van der Waals surface area contributed by atoms with Gasteiger partial charge in [0.1, 0.15) is 0 Å². The number of halogens is 3. The van der Waals surface area contributed by atoms with Crippen LogP contribution in [-0.4, -0.2) is 29.9 Å². The molecule has 1 amide bonds. The maximum Gasteiger partial charge on any atom is 0.307 e. The Morgan fingerprint density at radius 3 is 2.50 bits per heavy atom. The first-order chi connectivity index (χ1) is 12.4. The molecule has 0 unspecified atom stereocenters. The Morgan fingerprint density at radius 2 is 1.85 bits per heavy atom. The van der Waals surface area contributed by atoms with Gasteiger partial charge in [-0.3, -0.25) is 9.59 Å². The monoisotopic (exact) mass is 381 g/mol. The number of hydrogen-bond acceptors (Lipinski definition) is 3. The molecule has 0 saturated carbocycles. The minimum absolute atomic E-state index is 0.0141. The van der Waals surface area contributed by atoms with E-state index in [4.69, 9.17) is 16.3 Å². The van der Waals surface area contributed by atoms with E-state index >= 15 is 0 Å². The van der Waals surface area contributed by atoms with E-state index in [1.165, 1.54) is 11.0 Å². The molecule has 2 aromatic rings. The molecule has 0 aliphatic rings. The first kappa shape index (κ1) is 19.8. The zero-order chi connectivity index (χ0) is 19.1. The molecule has 0 aliphatic heterocycles. The van der Waals surface area contributed by atoms with Crippen LogP contribution in [0, 0.1) is 11.6 Å². The largest absolute Gasteiger partial charge is 0.466 e. The Hall–Kier alpha value is -2.47. The van der Waals surface area contributed by atoms with Crippen LogP contribution in [0.3, 0.4) is 0 Å². The highest BCUT2D eigenvalue weighted by Gasteiger charge is 2.20. The quantitative estimate of drug-likeness (QED) is 0.675. The minimum Gasteiger partial charge on any atom is -0.466 e. The first-order valence-corrected chi connectivity index (χ1v) is 8.43. The molecule has 2 aromatic carbocycles. The number of rotatable bonds is 7. The Bertz CT molecular complexity index is 798. The number of amides is 1. The predicted molar refractivity (Wildman–Crippen MR) is 93.8 cm³/mol. The van der Waals surface area contributed by atoms with Crippen molar-refractivity contribution in [1.29, 1.82) is 0 Å². The SMILES string of the molecule is CCOC(=O)CCN(Cc1ccccc1Cl)C(=O)c1ccc(F)c(F)c1.